The highest BCUT2D eigenvalue weighted by Gasteiger charge is 2.15. The molecule has 1 N–H and O–H groups in total. The largest absolute Gasteiger partial charge is 0.491 e. The molecule has 1 aromatic carbocycles. The highest BCUT2D eigenvalue weighted by atomic mass is 16.5. The molecule has 1 aromatic rings. The molecule has 1 fully saturated rings. The van der Waals surface area contributed by atoms with E-state index < -0.39 is 6.10 Å². The van der Waals surface area contributed by atoms with Crippen LogP contribution in [0, 0.1) is 0 Å². The fraction of sp³-hybridized carbons (Fsp3) is 0.600. The molecule has 0 bridgehead atoms. The maximum Gasteiger partial charge on any atom is 0.119 e. The molecule has 1 saturated heterocycles. The van der Waals surface area contributed by atoms with Crippen molar-refractivity contribution < 1.29 is 9.84 Å². The second kappa shape index (κ2) is 6.76. The number of aryl methyl sites for hydroxylation is 1. The lowest BCUT2D eigenvalue weighted by atomic mass is 10.2. The average Bonchev–Trinajstić information content (AvgIpc) is 2.90. The topological polar surface area (TPSA) is 32.7 Å². The van der Waals surface area contributed by atoms with Gasteiger partial charge in [0.1, 0.15) is 18.5 Å². The molecule has 0 saturated carbocycles. The molecule has 0 aromatic heterocycles. The summed E-state index contributed by atoms with van der Waals surface area (Å²) in [7, 11) is 0. The van der Waals surface area contributed by atoms with Gasteiger partial charge in [0.25, 0.3) is 0 Å². The number of likely N-dealkylation sites (tertiary alicyclic amines) is 1. The van der Waals surface area contributed by atoms with E-state index in [2.05, 4.69) is 24.0 Å². The number of hydrogen-bond acceptors (Lipinski definition) is 3. The first kappa shape index (κ1) is 13.4. The third-order valence-corrected chi connectivity index (χ3v) is 3.44. The van der Waals surface area contributed by atoms with E-state index in [-0.39, 0.29) is 0 Å². The van der Waals surface area contributed by atoms with Crippen LogP contribution in [0.4, 0.5) is 0 Å². The van der Waals surface area contributed by atoms with Crippen molar-refractivity contribution in [3.8, 4) is 5.75 Å². The summed E-state index contributed by atoms with van der Waals surface area (Å²) in [6.07, 6.45) is 3.16. The summed E-state index contributed by atoms with van der Waals surface area (Å²) in [5.41, 5.74) is 1.31. The van der Waals surface area contributed by atoms with E-state index in [1.807, 2.05) is 12.1 Å². The number of nitrogens with zero attached hydrogens (tertiary/aromatic N) is 1. The molecule has 18 heavy (non-hydrogen) atoms. The van der Waals surface area contributed by atoms with Crippen LogP contribution in [0.2, 0.25) is 0 Å². The van der Waals surface area contributed by atoms with Crippen LogP contribution in [-0.4, -0.2) is 42.4 Å². The van der Waals surface area contributed by atoms with Gasteiger partial charge >= 0.3 is 0 Å². The first-order valence-corrected chi connectivity index (χ1v) is 6.90. The van der Waals surface area contributed by atoms with E-state index in [0.29, 0.717) is 6.61 Å². The normalized spacial score (nSPS) is 17.9. The van der Waals surface area contributed by atoms with E-state index in [1.54, 1.807) is 0 Å². The minimum Gasteiger partial charge on any atom is -0.491 e. The van der Waals surface area contributed by atoms with Crippen molar-refractivity contribution in [2.24, 2.45) is 0 Å². The first-order valence-electron chi connectivity index (χ1n) is 6.90. The molecule has 3 heteroatoms. The van der Waals surface area contributed by atoms with Gasteiger partial charge in [-0.1, -0.05) is 19.1 Å². The zero-order valence-electron chi connectivity index (χ0n) is 11.1. The third-order valence-electron chi connectivity index (χ3n) is 3.44. The van der Waals surface area contributed by atoms with Gasteiger partial charge in [-0.2, -0.15) is 0 Å². The van der Waals surface area contributed by atoms with Crippen LogP contribution in [0.3, 0.4) is 0 Å². The van der Waals surface area contributed by atoms with Gasteiger partial charge < -0.3 is 14.7 Å². The van der Waals surface area contributed by atoms with Crippen LogP contribution >= 0.6 is 0 Å². The van der Waals surface area contributed by atoms with Gasteiger partial charge in [-0.25, -0.2) is 0 Å². The number of hydrogen-bond donors (Lipinski definition) is 1. The summed E-state index contributed by atoms with van der Waals surface area (Å²) in [5, 5.41) is 9.91. The minimum atomic E-state index is -0.394. The van der Waals surface area contributed by atoms with Crippen LogP contribution in [0.5, 0.6) is 5.75 Å². The number of β-amino-alcohol motifs (C(OH)–C–C–N with tert-alkyl or cyclic N) is 1. The Balaban J connectivity index is 1.72. The lowest BCUT2D eigenvalue weighted by Crippen LogP contribution is -2.33. The van der Waals surface area contributed by atoms with E-state index in [9.17, 15) is 5.11 Å². The van der Waals surface area contributed by atoms with Crippen molar-refractivity contribution in [3.63, 3.8) is 0 Å². The summed E-state index contributed by atoms with van der Waals surface area (Å²) in [5.74, 6) is 0.840. The summed E-state index contributed by atoms with van der Waals surface area (Å²) in [6.45, 7) is 5.47. The van der Waals surface area contributed by atoms with Crippen molar-refractivity contribution in [2.75, 3.05) is 26.2 Å². The number of aliphatic hydroxyl groups is 1. The highest BCUT2D eigenvalue weighted by molar-refractivity contribution is 5.27. The van der Waals surface area contributed by atoms with Crippen LogP contribution in [-0.2, 0) is 6.42 Å². The Labute approximate surface area is 109 Å². The minimum absolute atomic E-state index is 0.377. The van der Waals surface area contributed by atoms with E-state index in [0.717, 1.165) is 31.8 Å². The predicted molar refractivity (Wildman–Crippen MR) is 73.0 cm³/mol. The Morgan fingerprint density at radius 2 is 1.89 bits per heavy atom. The molecule has 3 nitrogen and oxygen atoms in total. The van der Waals surface area contributed by atoms with Gasteiger partial charge in [-0.05, 0) is 50.0 Å². The molecule has 0 radical (unpaired) electrons. The average molecular weight is 249 g/mol. The summed E-state index contributed by atoms with van der Waals surface area (Å²) in [6, 6.07) is 8.09. The van der Waals surface area contributed by atoms with Crippen molar-refractivity contribution in [2.45, 2.75) is 32.3 Å². The molecule has 0 spiro atoms. The number of benzene rings is 1. The molecule has 100 valence electrons. The monoisotopic (exact) mass is 249 g/mol. The smallest absolute Gasteiger partial charge is 0.119 e. The second-order valence-electron chi connectivity index (χ2n) is 4.97. The fourth-order valence-electron chi connectivity index (χ4n) is 2.33. The SMILES string of the molecule is CCc1ccc(OC[C@@H](O)CN2CCCC2)cc1. The molecule has 2 rings (SSSR count). The molecule has 1 heterocycles. The maximum absolute atomic E-state index is 9.91. The van der Waals surface area contributed by atoms with Crippen molar-refractivity contribution >= 4 is 0 Å². The lowest BCUT2D eigenvalue weighted by molar-refractivity contribution is 0.0758. The Bertz CT molecular complexity index is 344. The molecule has 1 aliphatic rings. The fourth-order valence-corrected chi connectivity index (χ4v) is 2.33. The number of aliphatic hydroxyl groups excluding tert-OH is 1. The molecule has 0 unspecified atom stereocenters. The van der Waals surface area contributed by atoms with Crippen LogP contribution in [0.1, 0.15) is 25.3 Å². The first-order chi connectivity index (χ1) is 8.78. The van der Waals surface area contributed by atoms with Gasteiger partial charge in [0.2, 0.25) is 0 Å². The van der Waals surface area contributed by atoms with Crippen LogP contribution in [0.15, 0.2) is 24.3 Å². The van der Waals surface area contributed by atoms with Gasteiger partial charge in [0.05, 0.1) is 0 Å². The highest BCUT2D eigenvalue weighted by Crippen LogP contribution is 2.13. The lowest BCUT2D eigenvalue weighted by Gasteiger charge is -2.19. The Kier molecular flexibility index (Phi) is 5.02. The van der Waals surface area contributed by atoms with Gasteiger partial charge in [0.15, 0.2) is 0 Å². The summed E-state index contributed by atoms with van der Waals surface area (Å²) >= 11 is 0. The molecule has 1 atom stereocenters. The van der Waals surface area contributed by atoms with Gasteiger partial charge in [-0.3, -0.25) is 0 Å². The van der Waals surface area contributed by atoms with Crippen molar-refractivity contribution in [1.82, 2.24) is 4.90 Å². The Hall–Kier alpha value is -1.06. The van der Waals surface area contributed by atoms with E-state index >= 15 is 0 Å². The molecule has 0 aliphatic carbocycles. The maximum atomic E-state index is 9.91. The van der Waals surface area contributed by atoms with Gasteiger partial charge in [-0.15, -0.1) is 0 Å². The Morgan fingerprint density at radius 1 is 1.22 bits per heavy atom. The number of ether oxygens (including phenoxy) is 1. The standard InChI is InChI=1S/C15H23NO2/c1-2-13-5-7-15(8-6-13)18-12-14(17)11-16-9-3-4-10-16/h5-8,14,17H,2-4,9-12H2,1H3/t14-/m0/s1. The predicted octanol–water partition coefficient (Wildman–Crippen LogP) is 2.08. The summed E-state index contributed by atoms with van der Waals surface area (Å²) in [4.78, 5) is 2.30. The van der Waals surface area contributed by atoms with E-state index in [1.165, 1.54) is 18.4 Å². The molecule has 1 aliphatic heterocycles. The quantitative estimate of drug-likeness (QED) is 0.838. The Morgan fingerprint density at radius 3 is 2.50 bits per heavy atom. The van der Waals surface area contributed by atoms with Crippen molar-refractivity contribution in [3.05, 3.63) is 29.8 Å². The van der Waals surface area contributed by atoms with Gasteiger partial charge in [0, 0.05) is 6.54 Å². The number of rotatable bonds is 6. The van der Waals surface area contributed by atoms with Crippen LogP contribution in [0.25, 0.3) is 0 Å². The zero-order valence-corrected chi connectivity index (χ0v) is 11.1. The summed E-state index contributed by atoms with van der Waals surface area (Å²) < 4.78 is 5.60. The zero-order chi connectivity index (χ0) is 12.8. The van der Waals surface area contributed by atoms with Crippen molar-refractivity contribution in [1.29, 1.82) is 0 Å². The molecule has 0 amide bonds. The van der Waals surface area contributed by atoms with Crippen LogP contribution < -0.4 is 4.74 Å². The molecular formula is C15H23NO2. The van der Waals surface area contributed by atoms with E-state index in [4.69, 9.17) is 4.74 Å². The second-order valence-corrected chi connectivity index (χ2v) is 4.97. The third kappa shape index (κ3) is 4.00. The molecular weight excluding hydrogens is 226 g/mol.